The van der Waals surface area contributed by atoms with Crippen molar-refractivity contribution in [2.24, 2.45) is 5.92 Å². The number of aromatic nitrogens is 3. The monoisotopic (exact) mass is 376 g/mol. The first kappa shape index (κ1) is 17.6. The second kappa shape index (κ2) is 7.09. The Balaban J connectivity index is 1.54. The summed E-state index contributed by atoms with van der Waals surface area (Å²) in [6.45, 7) is 4.51. The predicted molar refractivity (Wildman–Crippen MR) is 95.8 cm³/mol. The summed E-state index contributed by atoms with van der Waals surface area (Å²) < 4.78 is 35.2. The number of hydrogen-bond donors (Lipinski definition) is 0. The van der Waals surface area contributed by atoms with Gasteiger partial charge in [0.05, 0.1) is 23.7 Å². The van der Waals surface area contributed by atoms with E-state index in [4.69, 9.17) is 4.74 Å². The Morgan fingerprint density at radius 1 is 1.19 bits per heavy atom. The van der Waals surface area contributed by atoms with Crippen LogP contribution in [-0.4, -0.2) is 40.9 Å². The van der Waals surface area contributed by atoms with Gasteiger partial charge in [-0.3, -0.25) is 0 Å². The van der Waals surface area contributed by atoms with E-state index in [1.165, 1.54) is 17.1 Å². The highest BCUT2D eigenvalue weighted by Gasteiger charge is 2.29. The number of aryl methyl sites for hydroxylation is 2. The fourth-order valence-corrected chi connectivity index (χ4v) is 4.59. The molecule has 0 radical (unpaired) electrons. The summed E-state index contributed by atoms with van der Waals surface area (Å²) in [5.74, 6) is 0.683. The smallest absolute Gasteiger partial charge is 0.243 e. The fourth-order valence-electron chi connectivity index (χ4n) is 3.15. The molecule has 2 aliphatic rings. The Morgan fingerprint density at radius 3 is 2.69 bits per heavy atom. The van der Waals surface area contributed by atoms with Crippen molar-refractivity contribution in [3.8, 4) is 0 Å². The van der Waals surface area contributed by atoms with Gasteiger partial charge >= 0.3 is 0 Å². The molecule has 2 heterocycles. The summed E-state index contributed by atoms with van der Waals surface area (Å²) in [5, 5.41) is 8.42. The molecule has 1 saturated carbocycles. The molecule has 0 amide bonds. The Hall–Kier alpha value is -1.77. The molecule has 26 heavy (non-hydrogen) atoms. The lowest BCUT2D eigenvalue weighted by molar-refractivity contribution is 0.108. The van der Waals surface area contributed by atoms with E-state index >= 15 is 0 Å². The van der Waals surface area contributed by atoms with Crippen molar-refractivity contribution in [2.45, 2.75) is 50.8 Å². The van der Waals surface area contributed by atoms with Crippen molar-refractivity contribution in [1.82, 2.24) is 19.3 Å². The standard InChI is InChI=1S/C18H24N4O3S/c1-14-3-7-16(8-4-14)26(23,24)21-9-2-10-22-18(11-21)17(19-20-22)13-25-12-15-5-6-15/h3-4,7-8,15H,2,5-6,9-13H2,1H3. The molecule has 1 aliphatic heterocycles. The molecule has 8 heteroatoms. The molecule has 0 N–H and O–H groups in total. The molecule has 1 fully saturated rings. The minimum atomic E-state index is -3.54. The predicted octanol–water partition coefficient (Wildman–Crippen LogP) is 2.11. The number of fused-ring (bicyclic) bond motifs is 1. The molecule has 1 aromatic heterocycles. The average Bonchev–Trinajstić information content (AvgIpc) is 3.40. The molecule has 1 aromatic carbocycles. The summed E-state index contributed by atoms with van der Waals surface area (Å²) in [6, 6.07) is 7.00. The number of rotatable bonds is 6. The van der Waals surface area contributed by atoms with E-state index in [0.29, 0.717) is 36.9 Å². The number of hydrogen-bond acceptors (Lipinski definition) is 5. The third kappa shape index (κ3) is 3.67. The maximum atomic E-state index is 13.1. The molecule has 2 aromatic rings. The van der Waals surface area contributed by atoms with Gasteiger partial charge in [-0.25, -0.2) is 13.1 Å². The maximum Gasteiger partial charge on any atom is 0.243 e. The quantitative estimate of drug-likeness (QED) is 0.772. The molecule has 0 spiro atoms. The molecule has 140 valence electrons. The van der Waals surface area contributed by atoms with E-state index in [-0.39, 0.29) is 6.54 Å². The highest BCUT2D eigenvalue weighted by Crippen LogP contribution is 2.29. The molecule has 0 unspecified atom stereocenters. The van der Waals surface area contributed by atoms with Crippen molar-refractivity contribution in [3.63, 3.8) is 0 Å². The number of sulfonamides is 1. The molecule has 1 aliphatic carbocycles. The van der Waals surface area contributed by atoms with Crippen LogP contribution in [0.3, 0.4) is 0 Å². The number of nitrogens with zero attached hydrogens (tertiary/aromatic N) is 4. The van der Waals surface area contributed by atoms with Crippen molar-refractivity contribution in [3.05, 3.63) is 41.2 Å². The van der Waals surface area contributed by atoms with Gasteiger partial charge in [0.1, 0.15) is 5.69 Å². The zero-order valence-electron chi connectivity index (χ0n) is 15.0. The van der Waals surface area contributed by atoms with Gasteiger partial charge in [-0.1, -0.05) is 22.9 Å². The van der Waals surface area contributed by atoms with Gasteiger partial charge in [0.15, 0.2) is 0 Å². The minimum absolute atomic E-state index is 0.283. The van der Waals surface area contributed by atoms with E-state index in [2.05, 4.69) is 10.3 Å². The van der Waals surface area contributed by atoms with Crippen molar-refractivity contribution in [1.29, 1.82) is 0 Å². The Kier molecular flexibility index (Phi) is 4.81. The average molecular weight is 376 g/mol. The highest BCUT2D eigenvalue weighted by molar-refractivity contribution is 7.89. The number of benzene rings is 1. The Labute approximate surface area is 154 Å². The van der Waals surface area contributed by atoms with Crippen LogP contribution in [0.1, 0.15) is 36.2 Å². The van der Waals surface area contributed by atoms with E-state index in [1.54, 1.807) is 12.1 Å². The maximum absolute atomic E-state index is 13.1. The molecular formula is C18H24N4O3S. The van der Waals surface area contributed by atoms with Crippen LogP contribution < -0.4 is 0 Å². The molecule has 7 nitrogen and oxygen atoms in total. The van der Waals surface area contributed by atoms with Crippen LogP contribution in [0.5, 0.6) is 0 Å². The van der Waals surface area contributed by atoms with Gasteiger partial charge in [-0.05, 0) is 44.2 Å². The van der Waals surface area contributed by atoms with Gasteiger partial charge in [-0.15, -0.1) is 5.10 Å². The highest BCUT2D eigenvalue weighted by atomic mass is 32.2. The van der Waals surface area contributed by atoms with Crippen LogP contribution in [0.4, 0.5) is 0 Å². The van der Waals surface area contributed by atoms with Gasteiger partial charge in [0, 0.05) is 19.7 Å². The van der Waals surface area contributed by atoms with Crippen molar-refractivity contribution < 1.29 is 13.2 Å². The molecule has 0 bridgehead atoms. The molecule has 0 atom stereocenters. The first-order valence-electron chi connectivity index (χ1n) is 9.10. The summed E-state index contributed by atoms with van der Waals surface area (Å²) in [5.41, 5.74) is 2.63. The normalized spacial score (nSPS) is 18.5. The van der Waals surface area contributed by atoms with Crippen molar-refractivity contribution in [2.75, 3.05) is 13.2 Å². The van der Waals surface area contributed by atoms with Gasteiger partial charge in [0.25, 0.3) is 0 Å². The van der Waals surface area contributed by atoms with Crippen LogP contribution in [-0.2, 0) is 34.5 Å². The van der Waals surface area contributed by atoms with Crippen LogP contribution in [0, 0.1) is 12.8 Å². The largest absolute Gasteiger partial charge is 0.375 e. The van der Waals surface area contributed by atoms with Crippen LogP contribution >= 0.6 is 0 Å². The molecule has 0 saturated heterocycles. The zero-order chi connectivity index (χ0) is 18.1. The third-order valence-electron chi connectivity index (χ3n) is 4.97. The summed E-state index contributed by atoms with van der Waals surface area (Å²) in [7, 11) is -3.54. The number of ether oxygens (including phenoxy) is 1. The fraction of sp³-hybridized carbons (Fsp3) is 0.556. The van der Waals surface area contributed by atoms with E-state index < -0.39 is 10.0 Å². The van der Waals surface area contributed by atoms with Crippen LogP contribution in [0.25, 0.3) is 0 Å². The second-order valence-corrected chi connectivity index (χ2v) is 9.11. The Morgan fingerprint density at radius 2 is 1.96 bits per heavy atom. The lowest BCUT2D eigenvalue weighted by Crippen LogP contribution is -2.31. The van der Waals surface area contributed by atoms with Crippen molar-refractivity contribution >= 4 is 10.0 Å². The van der Waals surface area contributed by atoms with E-state index in [9.17, 15) is 8.42 Å². The van der Waals surface area contributed by atoms with Gasteiger partial charge in [-0.2, -0.15) is 4.31 Å². The summed E-state index contributed by atoms with van der Waals surface area (Å²) >= 11 is 0. The van der Waals surface area contributed by atoms with Gasteiger partial charge in [0.2, 0.25) is 10.0 Å². The van der Waals surface area contributed by atoms with Crippen LogP contribution in [0.15, 0.2) is 29.2 Å². The summed E-state index contributed by atoms with van der Waals surface area (Å²) in [4.78, 5) is 0.329. The molecular weight excluding hydrogens is 352 g/mol. The minimum Gasteiger partial charge on any atom is -0.375 e. The first-order chi connectivity index (χ1) is 12.5. The van der Waals surface area contributed by atoms with E-state index in [0.717, 1.165) is 23.6 Å². The van der Waals surface area contributed by atoms with E-state index in [1.807, 2.05) is 23.7 Å². The first-order valence-corrected chi connectivity index (χ1v) is 10.5. The Bertz CT molecular complexity index is 872. The van der Waals surface area contributed by atoms with Crippen LogP contribution in [0.2, 0.25) is 0 Å². The van der Waals surface area contributed by atoms with Gasteiger partial charge < -0.3 is 4.74 Å². The lowest BCUT2D eigenvalue weighted by atomic mass is 10.2. The topological polar surface area (TPSA) is 77.3 Å². The zero-order valence-corrected chi connectivity index (χ0v) is 15.8. The third-order valence-corrected chi connectivity index (χ3v) is 6.83. The SMILES string of the molecule is Cc1ccc(S(=O)(=O)N2CCCn3nnc(COCC4CC4)c3C2)cc1. The summed E-state index contributed by atoms with van der Waals surface area (Å²) in [6.07, 6.45) is 3.19. The molecule has 4 rings (SSSR count). The lowest BCUT2D eigenvalue weighted by Gasteiger charge is -2.20. The second-order valence-electron chi connectivity index (χ2n) is 7.17.